The van der Waals surface area contributed by atoms with E-state index in [9.17, 15) is 9.90 Å². The van der Waals surface area contributed by atoms with E-state index < -0.39 is 17.6 Å². The van der Waals surface area contributed by atoms with E-state index >= 15 is 0 Å². The number of hydrogen-bond acceptors (Lipinski definition) is 7. The third-order valence-electron chi connectivity index (χ3n) is 7.73. The summed E-state index contributed by atoms with van der Waals surface area (Å²) < 4.78 is 16.5. The van der Waals surface area contributed by atoms with E-state index in [2.05, 4.69) is 30.5 Å². The van der Waals surface area contributed by atoms with Crippen molar-refractivity contribution in [3.63, 3.8) is 0 Å². The molecule has 1 saturated heterocycles. The third-order valence-corrected chi connectivity index (χ3v) is 7.73. The van der Waals surface area contributed by atoms with Crippen molar-refractivity contribution < 1.29 is 24.1 Å². The number of ether oxygens (including phenoxy) is 3. The van der Waals surface area contributed by atoms with Crippen LogP contribution in [0.1, 0.15) is 65.4 Å². The normalized spacial score (nSPS) is 18.8. The van der Waals surface area contributed by atoms with Crippen LogP contribution in [-0.4, -0.2) is 69.7 Å². The molecule has 0 saturated carbocycles. The zero-order valence-electron chi connectivity index (χ0n) is 23.8. The van der Waals surface area contributed by atoms with E-state index in [1.807, 2.05) is 26.0 Å². The standard InChI is InChI=1S/C29H51N3O5/c1-20(2)22(16-21-11-12-25(36-6)26(17-21)37-15-9-14-35-5)18-23(30)24(33)19-32-28(34)29(3,4)27-10-7-8-13-31-27/h11-12,17,20,22-24,27,31,33H,7-10,13-16,18-19,30H2,1-6H3,(H,32,34)/t22-,23-,24-,27?/m0/s1. The fraction of sp³-hybridized carbons (Fsp3) is 0.759. The van der Waals surface area contributed by atoms with Crippen LogP contribution in [0.5, 0.6) is 11.5 Å². The summed E-state index contributed by atoms with van der Waals surface area (Å²) in [5, 5.41) is 17.2. The van der Waals surface area contributed by atoms with E-state index in [1.165, 1.54) is 0 Å². The lowest BCUT2D eigenvalue weighted by Gasteiger charge is -2.37. The molecule has 1 aromatic rings. The number of amides is 1. The van der Waals surface area contributed by atoms with E-state index in [0.717, 1.165) is 50.0 Å². The van der Waals surface area contributed by atoms with Crippen LogP contribution in [0.3, 0.4) is 0 Å². The molecule has 0 spiro atoms. The minimum atomic E-state index is -0.809. The minimum Gasteiger partial charge on any atom is -0.493 e. The summed E-state index contributed by atoms with van der Waals surface area (Å²) in [6, 6.07) is 5.73. The molecule has 1 aromatic carbocycles. The van der Waals surface area contributed by atoms with Gasteiger partial charge in [-0.05, 0) is 75.6 Å². The SMILES string of the molecule is COCCCOc1cc(C[C@@H](C[C@H](N)[C@@H](O)CNC(=O)C(C)(C)C2CCCCN2)C(C)C)ccc1OC. The van der Waals surface area contributed by atoms with Gasteiger partial charge in [0.15, 0.2) is 11.5 Å². The molecule has 8 heteroatoms. The first-order valence-electron chi connectivity index (χ1n) is 13.8. The number of piperidine rings is 1. The van der Waals surface area contributed by atoms with Crippen molar-refractivity contribution in [1.82, 2.24) is 10.6 Å². The maximum absolute atomic E-state index is 12.9. The maximum Gasteiger partial charge on any atom is 0.227 e. The predicted octanol–water partition coefficient (Wildman–Crippen LogP) is 3.29. The van der Waals surface area contributed by atoms with Crippen molar-refractivity contribution in [2.45, 2.75) is 84.4 Å². The van der Waals surface area contributed by atoms with Crippen LogP contribution in [0.2, 0.25) is 0 Å². The maximum atomic E-state index is 12.9. The summed E-state index contributed by atoms with van der Waals surface area (Å²) in [7, 11) is 3.32. The van der Waals surface area contributed by atoms with Crippen LogP contribution in [-0.2, 0) is 16.0 Å². The van der Waals surface area contributed by atoms with Crippen LogP contribution in [0, 0.1) is 17.3 Å². The van der Waals surface area contributed by atoms with Gasteiger partial charge >= 0.3 is 0 Å². The molecule has 2 rings (SSSR count). The summed E-state index contributed by atoms with van der Waals surface area (Å²) in [4.78, 5) is 12.9. The number of benzene rings is 1. The van der Waals surface area contributed by atoms with Crippen molar-refractivity contribution in [3.05, 3.63) is 23.8 Å². The number of hydrogen-bond donors (Lipinski definition) is 4. The molecule has 1 aliphatic heterocycles. The van der Waals surface area contributed by atoms with Gasteiger partial charge in [0.2, 0.25) is 5.91 Å². The lowest BCUT2D eigenvalue weighted by atomic mass is 9.79. The lowest BCUT2D eigenvalue weighted by molar-refractivity contribution is -0.131. The van der Waals surface area contributed by atoms with Gasteiger partial charge in [-0.3, -0.25) is 4.79 Å². The first-order valence-corrected chi connectivity index (χ1v) is 13.8. The summed E-state index contributed by atoms with van der Waals surface area (Å²) in [6.07, 6.45) is 4.73. The molecular formula is C29H51N3O5. The van der Waals surface area contributed by atoms with Gasteiger partial charge in [0.25, 0.3) is 0 Å². The number of aliphatic hydroxyl groups is 1. The van der Waals surface area contributed by atoms with Gasteiger partial charge in [-0.1, -0.05) is 26.3 Å². The first kappa shape index (κ1) is 31.3. The highest BCUT2D eigenvalue weighted by Crippen LogP contribution is 2.31. The van der Waals surface area contributed by atoms with Gasteiger partial charge < -0.3 is 35.7 Å². The second-order valence-electron chi connectivity index (χ2n) is 11.3. The largest absolute Gasteiger partial charge is 0.493 e. The molecule has 5 N–H and O–H groups in total. The zero-order valence-corrected chi connectivity index (χ0v) is 23.8. The molecule has 8 nitrogen and oxygen atoms in total. The van der Waals surface area contributed by atoms with E-state index in [1.54, 1.807) is 14.2 Å². The highest BCUT2D eigenvalue weighted by atomic mass is 16.5. The third kappa shape index (κ3) is 9.74. The quantitative estimate of drug-likeness (QED) is 0.247. The van der Waals surface area contributed by atoms with Crippen molar-refractivity contribution in [3.8, 4) is 11.5 Å². The van der Waals surface area contributed by atoms with Crippen molar-refractivity contribution in [1.29, 1.82) is 0 Å². The van der Waals surface area contributed by atoms with Gasteiger partial charge in [-0.25, -0.2) is 0 Å². The van der Waals surface area contributed by atoms with E-state index in [0.29, 0.717) is 31.3 Å². The monoisotopic (exact) mass is 521 g/mol. The van der Waals surface area contributed by atoms with E-state index in [-0.39, 0.29) is 24.4 Å². The molecule has 1 fully saturated rings. The topological polar surface area (TPSA) is 115 Å². The smallest absolute Gasteiger partial charge is 0.227 e. The summed E-state index contributed by atoms with van der Waals surface area (Å²) in [5.74, 6) is 2.02. The number of methoxy groups -OCH3 is 2. The number of rotatable bonds is 16. The number of aliphatic hydroxyl groups excluding tert-OH is 1. The summed E-state index contributed by atoms with van der Waals surface area (Å²) >= 11 is 0. The average Bonchev–Trinajstić information content (AvgIpc) is 2.89. The van der Waals surface area contributed by atoms with Gasteiger partial charge in [-0.2, -0.15) is 0 Å². The van der Waals surface area contributed by atoms with Crippen molar-refractivity contribution >= 4 is 5.91 Å². The second kappa shape index (κ2) is 15.5. The number of nitrogens with one attached hydrogen (secondary N) is 2. The highest BCUT2D eigenvalue weighted by Gasteiger charge is 2.37. The van der Waals surface area contributed by atoms with Crippen LogP contribution in [0.15, 0.2) is 18.2 Å². The molecule has 0 aliphatic carbocycles. The Morgan fingerprint density at radius 3 is 2.59 bits per heavy atom. The Balaban J connectivity index is 1.94. The zero-order chi connectivity index (χ0) is 27.4. The molecule has 0 bridgehead atoms. The number of carbonyl (C=O) groups is 1. The van der Waals surface area contributed by atoms with Crippen LogP contribution in [0.25, 0.3) is 0 Å². The Morgan fingerprint density at radius 1 is 1.22 bits per heavy atom. The average molecular weight is 522 g/mol. The minimum absolute atomic E-state index is 0.0465. The second-order valence-corrected chi connectivity index (χ2v) is 11.3. The Labute approximate surface area is 224 Å². The van der Waals surface area contributed by atoms with Crippen LogP contribution >= 0.6 is 0 Å². The number of carbonyl (C=O) groups excluding carboxylic acids is 1. The van der Waals surface area contributed by atoms with Crippen LogP contribution < -0.4 is 25.8 Å². The molecule has 1 aliphatic rings. The highest BCUT2D eigenvalue weighted by molar-refractivity contribution is 5.82. The first-order chi connectivity index (χ1) is 17.6. The molecule has 1 unspecified atom stereocenters. The predicted molar refractivity (Wildman–Crippen MR) is 148 cm³/mol. The molecule has 0 aromatic heterocycles. The fourth-order valence-electron chi connectivity index (χ4n) is 4.95. The molecule has 37 heavy (non-hydrogen) atoms. The molecule has 0 radical (unpaired) electrons. The lowest BCUT2D eigenvalue weighted by Crippen LogP contribution is -2.54. The van der Waals surface area contributed by atoms with Crippen LogP contribution in [0.4, 0.5) is 0 Å². The Bertz CT molecular complexity index is 811. The summed E-state index contributed by atoms with van der Waals surface area (Å²) in [6.45, 7) is 10.6. The molecule has 4 atom stereocenters. The Morgan fingerprint density at radius 2 is 1.97 bits per heavy atom. The fourth-order valence-corrected chi connectivity index (χ4v) is 4.95. The van der Waals surface area contributed by atoms with Gasteiger partial charge in [0.05, 0.1) is 25.2 Å². The molecular weight excluding hydrogens is 470 g/mol. The van der Waals surface area contributed by atoms with Gasteiger partial charge in [0.1, 0.15) is 0 Å². The van der Waals surface area contributed by atoms with E-state index in [4.69, 9.17) is 19.9 Å². The molecule has 1 amide bonds. The van der Waals surface area contributed by atoms with Crippen molar-refractivity contribution in [2.24, 2.45) is 23.0 Å². The Kier molecular flexibility index (Phi) is 13.1. The van der Waals surface area contributed by atoms with Gasteiger partial charge in [0, 0.05) is 38.8 Å². The molecule has 1 heterocycles. The number of nitrogens with two attached hydrogens (primary N) is 1. The van der Waals surface area contributed by atoms with Gasteiger partial charge in [-0.15, -0.1) is 0 Å². The Hall–Kier alpha value is -1.87. The molecule has 212 valence electrons. The summed E-state index contributed by atoms with van der Waals surface area (Å²) in [5.41, 5.74) is 7.04. The van der Waals surface area contributed by atoms with Crippen molar-refractivity contribution in [2.75, 3.05) is 40.5 Å².